The van der Waals surface area contributed by atoms with Crippen molar-refractivity contribution in [3.8, 4) is 6.07 Å². The molecule has 138 valence electrons. The van der Waals surface area contributed by atoms with Crippen molar-refractivity contribution in [2.45, 2.75) is 51.3 Å². The van der Waals surface area contributed by atoms with Crippen molar-refractivity contribution in [3.63, 3.8) is 0 Å². The lowest BCUT2D eigenvalue weighted by Crippen LogP contribution is -2.57. The molecule has 1 saturated heterocycles. The maximum atomic E-state index is 14.2. The van der Waals surface area contributed by atoms with Gasteiger partial charge >= 0.3 is 6.09 Å². The number of halogens is 1. The maximum Gasteiger partial charge on any atom is 0.411 e. The number of carbonyl (C=O) groups is 1. The average molecular weight is 358 g/mol. The molecule has 2 bridgehead atoms. The Morgan fingerprint density at radius 1 is 1.42 bits per heavy atom. The van der Waals surface area contributed by atoms with Gasteiger partial charge in [0.2, 0.25) is 0 Å². The van der Waals surface area contributed by atoms with E-state index in [9.17, 15) is 9.18 Å². The third-order valence-electron chi connectivity index (χ3n) is 4.48. The molecule has 0 aromatic heterocycles. The summed E-state index contributed by atoms with van der Waals surface area (Å²) in [5.41, 5.74) is 1.39. The summed E-state index contributed by atoms with van der Waals surface area (Å²) >= 11 is 0. The molecule has 6 heteroatoms. The number of benzene rings is 1. The van der Waals surface area contributed by atoms with Crippen molar-refractivity contribution in [2.75, 3.05) is 13.2 Å². The maximum absolute atomic E-state index is 14.2. The van der Waals surface area contributed by atoms with Gasteiger partial charge < -0.3 is 9.47 Å². The zero-order valence-corrected chi connectivity index (χ0v) is 15.3. The molecule has 2 unspecified atom stereocenters. The van der Waals surface area contributed by atoms with Crippen LogP contribution in [0.1, 0.15) is 38.3 Å². The van der Waals surface area contributed by atoms with Gasteiger partial charge in [-0.15, -0.1) is 0 Å². The highest BCUT2D eigenvalue weighted by Crippen LogP contribution is 2.30. The molecule has 1 fully saturated rings. The number of ether oxygens (including phenoxy) is 2. The van der Waals surface area contributed by atoms with Crippen LogP contribution < -0.4 is 0 Å². The number of fused-ring (bicyclic) bond motifs is 2. The number of morpholine rings is 1. The van der Waals surface area contributed by atoms with Crippen molar-refractivity contribution in [3.05, 3.63) is 46.8 Å². The number of nitrogens with zero attached hydrogens (tertiary/aromatic N) is 2. The Hall–Kier alpha value is -2.39. The SMILES string of the molecule is CC(C)(C)OC(=O)N1C2C=C(Cc3ccc(C#N)cc3F)CC1COC2. The predicted octanol–water partition coefficient (Wildman–Crippen LogP) is 3.57. The van der Waals surface area contributed by atoms with Gasteiger partial charge in [0.1, 0.15) is 11.4 Å². The highest BCUT2D eigenvalue weighted by atomic mass is 19.1. The van der Waals surface area contributed by atoms with E-state index in [1.54, 1.807) is 17.0 Å². The van der Waals surface area contributed by atoms with E-state index in [0.717, 1.165) is 5.57 Å². The minimum atomic E-state index is -0.554. The number of hydrogen-bond acceptors (Lipinski definition) is 4. The Labute approximate surface area is 153 Å². The van der Waals surface area contributed by atoms with Gasteiger partial charge in [-0.05, 0) is 51.3 Å². The summed E-state index contributed by atoms with van der Waals surface area (Å²) in [6.45, 7) is 6.39. The predicted molar refractivity (Wildman–Crippen MR) is 94.0 cm³/mol. The summed E-state index contributed by atoms with van der Waals surface area (Å²) in [7, 11) is 0. The fourth-order valence-corrected chi connectivity index (χ4v) is 3.42. The van der Waals surface area contributed by atoms with Crippen LogP contribution in [0.5, 0.6) is 0 Å². The Morgan fingerprint density at radius 3 is 2.81 bits per heavy atom. The second-order valence-corrected chi connectivity index (χ2v) is 7.77. The standard InChI is InChI=1S/C20H23FN2O3/c1-20(2,3)26-19(24)23-16-7-14(8-17(23)12-25-11-16)6-15-5-4-13(10-22)9-18(15)21/h4-5,7,9,16-17H,6,8,11-12H2,1-3H3. The van der Waals surface area contributed by atoms with E-state index in [1.807, 2.05) is 32.9 Å². The van der Waals surface area contributed by atoms with E-state index >= 15 is 0 Å². The largest absolute Gasteiger partial charge is 0.444 e. The molecule has 0 radical (unpaired) electrons. The van der Waals surface area contributed by atoms with Crippen LogP contribution in [0.15, 0.2) is 29.8 Å². The monoisotopic (exact) mass is 358 g/mol. The van der Waals surface area contributed by atoms with E-state index in [-0.39, 0.29) is 24.0 Å². The fraction of sp³-hybridized carbons (Fsp3) is 0.500. The molecule has 0 saturated carbocycles. The molecule has 1 amide bonds. The highest BCUT2D eigenvalue weighted by Gasteiger charge is 2.39. The lowest BCUT2D eigenvalue weighted by molar-refractivity contribution is -0.0536. The van der Waals surface area contributed by atoms with Crippen LogP contribution >= 0.6 is 0 Å². The Bertz CT molecular complexity index is 776. The summed E-state index contributed by atoms with van der Waals surface area (Å²) in [4.78, 5) is 14.3. The van der Waals surface area contributed by atoms with Gasteiger partial charge in [-0.25, -0.2) is 9.18 Å². The van der Waals surface area contributed by atoms with Crippen LogP contribution in [-0.4, -0.2) is 41.9 Å². The molecule has 0 spiro atoms. The molecule has 2 heterocycles. The third kappa shape index (κ3) is 4.05. The van der Waals surface area contributed by atoms with E-state index in [4.69, 9.17) is 14.7 Å². The lowest BCUT2D eigenvalue weighted by Gasteiger charge is -2.44. The van der Waals surface area contributed by atoms with E-state index < -0.39 is 5.60 Å². The molecule has 0 N–H and O–H groups in total. The van der Waals surface area contributed by atoms with Crippen LogP contribution in [0.25, 0.3) is 0 Å². The minimum absolute atomic E-state index is 0.106. The number of nitriles is 1. The van der Waals surface area contributed by atoms with Crippen LogP contribution in [0.2, 0.25) is 0 Å². The Morgan fingerprint density at radius 2 is 2.19 bits per heavy atom. The molecule has 5 nitrogen and oxygen atoms in total. The molecule has 0 aliphatic carbocycles. The number of rotatable bonds is 2. The van der Waals surface area contributed by atoms with Crippen LogP contribution in [0, 0.1) is 17.1 Å². The zero-order chi connectivity index (χ0) is 18.9. The van der Waals surface area contributed by atoms with Gasteiger partial charge in [-0.1, -0.05) is 17.7 Å². The quantitative estimate of drug-likeness (QED) is 0.758. The molecular weight excluding hydrogens is 335 g/mol. The van der Waals surface area contributed by atoms with Gasteiger partial charge in [0, 0.05) is 0 Å². The summed E-state index contributed by atoms with van der Waals surface area (Å²) in [5.74, 6) is -0.374. The van der Waals surface area contributed by atoms with Gasteiger partial charge in [-0.2, -0.15) is 5.26 Å². The molecule has 26 heavy (non-hydrogen) atoms. The van der Waals surface area contributed by atoms with E-state index in [1.165, 1.54) is 6.07 Å². The first-order chi connectivity index (χ1) is 12.3. The van der Waals surface area contributed by atoms with Crippen molar-refractivity contribution >= 4 is 6.09 Å². The summed E-state index contributed by atoms with van der Waals surface area (Å²) < 4.78 is 25.3. The molecule has 1 aromatic carbocycles. The van der Waals surface area contributed by atoms with Crippen molar-refractivity contribution in [2.24, 2.45) is 0 Å². The van der Waals surface area contributed by atoms with Crippen molar-refractivity contribution < 1.29 is 18.7 Å². The first kappa shape index (κ1) is 18.4. The van der Waals surface area contributed by atoms with Crippen LogP contribution in [-0.2, 0) is 15.9 Å². The average Bonchev–Trinajstić information content (AvgIpc) is 2.54. The Balaban J connectivity index is 1.78. The number of carbonyl (C=O) groups excluding carboxylic acids is 1. The van der Waals surface area contributed by atoms with Crippen LogP contribution in [0.4, 0.5) is 9.18 Å². The zero-order valence-electron chi connectivity index (χ0n) is 15.3. The van der Waals surface area contributed by atoms with Gasteiger partial charge in [0.25, 0.3) is 0 Å². The smallest absolute Gasteiger partial charge is 0.411 e. The van der Waals surface area contributed by atoms with E-state index in [0.29, 0.717) is 37.2 Å². The second-order valence-electron chi connectivity index (χ2n) is 7.77. The summed E-state index contributed by atoms with van der Waals surface area (Å²) in [6.07, 6.45) is 2.73. The van der Waals surface area contributed by atoms with Gasteiger partial charge in [0.05, 0.1) is 36.9 Å². The molecule has 2 aliphatic rings. The lowest BCUT2D eigenvalue weighted by atomic mass is 9.90. The molecule has 2 aliphatic heterocycles. The first-order valence-corrected chi connectivity index (χ1v) is 8.74. The van der Waals surface area contributed by atoms with Crippen LogP contribution in [0.3, 0.4) is 0 Å². The van der Waals surface area contributed by atoms with Gasteiger partial charge in [-0.3, -0.25) is 4.90 Å². The molecule has 1 aromatic rings. The van der Waals surface area contributed by atoms with Gasteiger partial charge in [0.15, 0.2) is 0 Å². The van der Waals surface area contributed by atoms with Crippen molar-refractivity contribution in [1.82, 2.24) is 4.90 Å². The highest BCUT2D eigenvalue weighted by molar-refractivity contribution is 5.70. The van der Waals surface area contributed by atoms with E-state index in [2.05, 4.69) is 0 Å². The second kappa shape index (κ2) is 7.08. The number of amides is 1. The minimum Gasteiger partial charge on any atom is -0.444 e. The molecular formula is C20H23FN2O3. The summed E-state index contributed by atoms with van der Waals surface area (Å²) in [5, 5.41) is 8.85. The topological polar surface area (TPSA) is 62.6 Å². The molecule has 2 atom stereocenters. The van der Waals surface area contributed by atoms with Crippen molar-refractivity contribution in [1.29, 1.82) is 5.26 Å². The normalized spacial score (nSPS) is 22.4. The Kier molecular flexibility index (Phi) is 5.01. The number of hydrogen-bond donors (Lipinski definition) is 0. The first-order valence-electron chi connectivity index (χ1n) is 8.74. The molecule has 3 rings (SSSR count). The third-order valence-corrected chi connectivity index (χ3v) is 4.48. The fourth-order valence-electron chi connectivity index (χ4n) is 3.42. The summed E-state index contributed by atoms with van der Waals surface area (Å²) in [6, 6.07) is 6.17.